The molecule has 0 amide bonds. The van der Waals surface area contributed by atoms with Crippen molar-refractivity contribution in [3.8, 4) is 11.1 Å². The molecule has 7 nitrogen and oxygen atoms in total. The van der Waals surface area contributed by atoms with Crippen LogP contribution in [0.15, 0.2) is 82.3 Å². The SMILES string of the molecule is O=C(O)C(F)(F)F.O=c1oc2ccccc2n1C1CCN(Cc2ccccc2-c2cccnc2)CC1. The van der Waals surface area contributed by atoms with Crippen molar-refractivity contribution in [2.24, 2.45) is 0 Å². The molecule has 0 spiro atoms. The Labute approximate surface area is 204 Å². The van der Waals surface area contributed by atoms with E-state index in [0.29, 0.717) is 5.58 Å². The molecule has 1 saturated heterocycles. The van der Waals surface area contributed by atoms with Gasteiger partial charge in [-0.3, -0.25) is 14.5 Å². The number of alkyl halides is 3. The average molecular weight is 499 g/mol. The van der Waals surface area contributed by atoms with Crippen molar-refractivity contribution in [1.29, 1.82) is 0 Å². The Hall–Kier alpha value is -3.92. The van der Waals surface area contributed by atoms with Gasteiger partial charge in [-0.25, -0.2) is 9.59 Å². The summed E-state index contributed by atoms with van der Waals surface area (Å²) < 4.78 is 39.0. The van der Waals surface area contributed by atoms with Crippen LogP contribution in [0.4, 0.5) is 13.2 Å². The topological polar surface area (TPSA) is 88.6 Å². The van der Waals surface area contributed by atoms with Gasteiger partial charge in [0.05, 0.1) is 5.52 Å². The number of hydrogen-bond donors (Lipinski definition) is 1. The molecule has 188 valence electrons. The third-order valence-electron chi connectivity index (χ3n) is 6.07. The number of aliphatic carboxylic acids is 1. The highest BCUT2D eigenvalue weighted by atomic mass is 19.4. The summed E-state index contributed by atoms with van der Waals surface area (Å²) in [6.07, 6.45) is 0.525. The number of nitrogens with zero attached hydrogens (tertiary/aromatic N) is 3. The van der Waals surface area contributed by atoms with Crippen LogP contribution < -0.4 is 5.76 Å². The zero-order valence-corrected chi connectivity index (χ0v) is 19.2. The van der Waals surface area contributed by atoms with Crippen molar-refractivity contribution in [3.05, 3.63) is 89.2 Å². The van der Waals surface area contributed by atoms with Crippen molar-refractivity contribution >= 4 is 17.1 Å². The van der Waals surface area contributed by atoms with Crippen molar-refractivity contribution in [2.45, 2.75) is 31.6 Å². The molecule has 0 bridgehead atoms. The number of aromatic nitrogens is 2. The molecule has 36 heavy (non-hydrogen) atoms. The summed E-state index contributed by atoms with van der Waals surface area (Å²) in [5.74, 6) is -3.00. The molecule has 3 heterocycles. The lowest BCUT2D eigenvalue weighted by Crippen LogP contribution is -2.36. The molecule has 2 aromatic carbocycles. The number of carbonyl (C=O) groups is 1. The first-order valence-corrected chi connectivity index (χ1v) is 11.3. The zero-order valence-electron chi connectivity index (χ0n) is 19.2. The first-order valence-electron chi connectivity index (χ1n) is 11.3. The van der Waals surface area contributed by atoms with Crippen LogP contribution in [-0.4, -0.2) is 44.8 Å². The maximum absolute atomic E-state index is 12.4. The summed E-state index contributed by atoms with van der Waals surface area (Å²) in [6.45, 7) is 2.81. The molecular weight excluding hydrogens is 475 g/mol. The van der Waals surface area contributed by atoms with E-state index in [2.05, 4.69) is 40.2 Å². The number of hydrogen-bond acceptors (Lipinski definition) is 5. The van der Waals surface area contributed by atoms with Crippen LogP contribution in [0.25, 0.3) is 22.2 Å². The third kappa shape index (κ3) is 5.83. The van der Waals surface area contributed by atoms with E-state index in [1.54, 1.807) is 6.20 Å². The first kappa shape index (κ1) is 25.2. The number of fused-ring (bicyclic) bond motifs is 1. The molecule has 0 unspecified atom stereocenters. The maximum atomic E-state index is 12.4. The van der Waals surface area contributed by atoms with E-state index >= 15 is 0 Å². The highest BCUT2D eigenvalue weighted by Gasteiger charge is 2.38. The van der Waals surface area contributed by atoms with E-state index in [-0.39, 0.29) is 11.8 Å². The summed E-state index contributed by atoms with van der Waals surface area (Å²) >= 11 is 0. The van der Waals surface area contributed by atoms with Crippen molar-refractivity contribution < 1.29 is 27.5 Å². The standard InChI is InChI=1S/C24H23N3O2.C2HF3O2/c28-24-27(22-9-3-4-10-23(22)29-24)20-11-14-26(15-12-20)17-19-6-1-2-8-21(19)18-7-5-13-25-16-18;3-2(4,5)1(6)7/h1-10,13,16,20H,11-12,14-15,17H2;(H,6,7). The van der Waals surface area contributed by atoms with Gasteiger partial charge in [0.1, 0.15) is 0 Å². The summed E-state index contributed by atoms with van der Waals surface area (Å²) in [5, 5.41) is 7.12. The van der Waals surface area contributed by atoms with Gasteiger partial charge in [-0.15, -0.1) is 0 Å². The molecule has 0 saturated carbocycles. The zero-order chi connectivity index (χ0) is 25.7. The number of piperidine rings is 1. The predicted molar refractivity (Wildman–Crippen MR) is 127 cm³/mol. The van der Waals surface area contributed by atoms with Gasteiger partial charge in [0.15, 0.2) is 5.58 Å². The Morgan fingerprint density at radius 2 is 1.69 bits per heavy atom. The summed E-state index contributed by atoms with van der Waals surface area (Å²) in [5.41, 5.74) is 5.27. The summed E-state index contributed by atoms with van der Waals surface area (Å²) in [6, 6.07) is 20.5. The van der Waals surface area contributed by atoms with Crippen LogP contribution in [0.3, 0.4) is 0 Å². The average Bonchev–Trinajstić information content (AvgIpc) is 3.21. The number of para-hydroxylation sites is 2. The molecule has 10 heteroatoms. The minimum Gasteiger partial charge on any atom is -0.475 e. The van der Waals surface area contributed by atoms with Crippen molar-refractivity contribution in [1.82, 2.24) is 14.5 Å². The number of benzene rings is 2. The minimum atomic E-state index is -5.08. The third-order valence-corrected chi connectivity index (χ3v) is 6.07. The van der Waals surface area contributed by atoms with Crippen LogP contribution in [-0.2, 0) is 11.3 Å². The van der Waals surface area contributed by atoms with Crippen LogP contribution in [0.2, 0.25) is 0 Å². The molecule has 5 rings (SSSR count). The van der Waals surface area contributed by atoms with E-state index in [4.69, 9.17) is 14.3 Å². The number of oxazole rings is 1. The van der Waals surface area contributed by atoms with Gasteiger partial charge < -0.3 is 9.52 Å². The second-order valence-electron chi connectivity index (χ2n) is 8.41. The Balaban J connectivity index is 0.000000384. The molecule has 1 fully saturated rings. The minimum absolute atomic E-state index is 0.191. The number of likely N-dealkylation sites (tertiary alicyclic amines) is 1. The number of carboxylic acid groups (broad SMARTS) is 1. The van der Waals surface area contributed by atoms with Gasteiger partial charge in [-0.1, -0.05) is 42.5 Å². The van der Waals surface area contributed by atoms with Gasteiger partial charge in [0.2, 0.25) is 0 Å². The largest absolute Gasteiger partial charge is 0.490 e. The molecule has 2 aromatic heterocycles. The number of carboxylic acids is 1. The van der Waals surface area contributed by atoms with Gasteiger partial charge in [0.25, 0.3) is 0 Å². The van der Waals surface area contributed by atoms with Gasteiger partial charge in [-0.05, 0) is 42.2 Å². The van der Waals surface area contributed by atoms with E-state index in [0.717, 1.165) is 43.6 Å². The number of halogens is 3. The van der Waals surface area contributed by atoms with Crippen LogP contribution in [0.5, 0.6) is 0 Å². The lowest BCUT2D eigenvalue weighted by atomic mass is 9.99. The monoisotopic (exact) mass is 499 g/mol. The molecule has 1 aliphatic heterocycles. The number of rotatable bonds is 4. The maximum Gasteiger partial charge on any atom is 0.490 e. The molecule has 0 atom stereocenters. The van der Waals surface area contributed by atoms with E-state index in [1.807, 2.05) is 41.1 Å². The second kappa shape index (κ2) is 10.8. The Morgan fingerprint density at radius 1 is 1.03 bits per heavy atom. The van der Waals surface area contributed by atoms with Crippen LogP contribution in [0, 0.1) is 0 Å². The van der Waals surface area contributed by atoms with E-state index in [9.17, 15) is 18.0 Å². The normalized spacial score (nSPS) is 14.9. The Bertz CT molecular complexity index is 1370. The summed E-state index contributed by atoms with van der Waals surface area (Å²) in [7, 11) is 0. The van der Waals surface area contributed by atoms with Gasteiger partial charge in [0, 0.05) is 43.6 Å². The lowest BCUT2D eigenvalue weighted by Gasteiger charge is -2.32. The molecule has 0 radical (unpaired) electrons. The fraction of sp³-hybridized carbons (Fsp3) is 0.269. The summed E-state index contributed by atoms with van der Waals surface area (Å²) in [4.78, 5) is 28.0. The highest BCUT2D eigenvalue weighted by molar-refractivity contribution is 5.73. The van der Waals surface area contributed by atoms with Crippen molar-refractivity contribution in [3.63, 3.8) is 0 Å². The smallest absolute Gasteiger partial charge is 0.475 e. The first-order chi connectivity index (χ1) is 17.2. The molecule has 4 aromatic rings. The Kier molecular flexibility index (Phi) is 7.54. The fourth-order valence-corrected chi connectivity index (χ4v) is 4.37. The molecule has 1 aliphatic rings. The van der Waals surface area contributed by atoms with Gasteiger partial charge >= 0.3 is 17.9 Å². The van der Waals surface area contributed by atoms with Crippen LogP contribution in [0.1, 0.15) is 24.4 Å². The highest BCUT2D eigenvalue weighted by Crippen LogP contribution is 2.29. The van der Waals surface area contributed by atoms with E-state index < -0.39 is 12.1 Å². The van der Waals surface area contributed by atoms with Crippen LogP contribution >= 0.6 is 0 Å². The second-order valence-corrected chi connectivity index (χ2v) is 8.41. The van der Waals surface area contributed by atoms with E-state index in [1.165, 1.54) is 11.1 Å². The number of pyridine rings is 1. The molecule has 0 aliphatic carbocycles. The van der Waals surface area contributed by atoms with Crippen molar-refractivity contribution in [2.75, 3.05) is 13.1 Å². The Morgan fingerprint density at radius 3 is 2.36 bits per heavy atom. The van der Waals surface area contributed by atoms with Gasteiger partial charge in [-0.2, -0.15) is 13.2 Å². The fourth-order valence-electron chi connectivity index (χ4n) is 4.37. The molecular formula is C26H24F3N3O4. The quantitative estimate of drug-likeness (QED) is 0.419. The lowest BCUT2D eigenvalue weighted by molar-refractivity contribution is -0.192. The predicted octanol–water partition coefficient (Wildman–Crippen LogP) is 5.13. The molecule has 1 N–H and O–H groups in total.